The highest BCUT2D eigenvalue weighted by Crippen LogP contribution is 2.32. The van der Waals surface area contributed by atoms with E-state index in [1.54, 1.807) is 0 Å². The van der Waals surface area contributed by atoms with Gasteiger partial charge in [-0.25, -0.2) is 0 Å². The molecule has 1 aliphatic carbocycles. The minimum atomic E-state index is 0.159. The Morgan fingerprint density at radius 3 is 2.46 bits per heavy atom. The summed E-state index contributed by atoms with van der Waals surface area (Å²) in [4.78, 5) is 0. The van der Waals surface area contributed by atoms with E-state index in [0.29, 0.717) is 6.61 Å². The van der Waals surface area contributed by atoms with Crippen molar-refractivity contribution in [3.8, 4) is 0 Å². The highest BCUT2D eigenvalue weighted by atomic mass is 16.5. The van der Waals surface area contributed by atoms with Gasteiger partial charge in [-0.3, -0.25) is 0 Å². The molecule has 1 atom stereocenters. The molecule has 0 radical (unpaired) electrons. The maximum Gasteiger partial charge on any atom is 0.0622 e. The predicted molar refractivity (Wildman–Crippen MR) is 55.6 cm³/mol. The lowest BCUT2D eigenvalue weighted by Crippen LogP contribution is -2.39. The highest BCUT2D eigenvalue weighted by Gasteiger charge is 2.22. The highest BCUT2D eigenvalue weighted by molar-refractivity contribution is 4.77. The Labute approximate surface area is 81.8 Å². The monoisotopic (exact) mass is 185 g/mol. The van der Waals surface area contributed by atoms with Crippen LogP contribution in [-0.4, -0.2) is 19.3 Å². The molecule has 0 saturated heterocycles. The number of nitrogens with two attached hydrogens (primary N) is 1. The van der Waals surface area contributed by atoms with Gasteiger partial charge >= 0.3 is 0 Å². The molecule has 1 saturated carbocycles. The summed E-state index contributed by atoms with van der Waals surface area (Å²) in [7, 11) is 0. The van der Waals surface area contributed by atoms with Crippen molar-refractivity contribution in [3.63, 3.8) is 0 Å². The molecule has 78 valence electrons. The largest absolute Gasteiger partial charge is 0.380 e. The molecule has 0 aromatic rings. The first-order valence-corrected chi connectivity index (χ1v) is 5.33. The Balaban J connectivity index is 1.97. The van der Waals surface area contributed by atoms with E-state index in [1.807, 2.05) is 0 Å². The van der Waals surface area contributed by atoms with Crippen LogP contribution in [0.2, 0.25) is 0 Å². The van der Waals surface area contributed by atoms with E-state index in [9.17, 15) is 0 Å². The number of rotatable bonds is 5. The fourth-order valence-electron chi connectivity index (χ4n) is 1.12. The van der Waals surface area contributed by atoms with Crippen molar-refractivity contribution in [2.75, 3.05) is 13.2 Å². The van der Waals surface area contributed by atoms with Crippen LogP contribution in [0.4, 0.5) is 0 Å². The molecule has 1 unspecified atom stereocenters. The first-order valence-electron chi connectivity index (χ1n) is 5.33. The predicted octanol–water partition coefficient (Wildman–Crippen LogP) is 2.18. The number of hydrogen-bond acceptors (Lipinski definition) is 2. The van der Waals surface area contributed by atoms with E-state index in [1.165, 1.54) is 19.3 Å². The summed E-state index contributed by atoms with van der Waals surface area (Å²) in [6, 6.07) is 0.159. The molecule has 2 nitrogen and oxygen atoms in total. The number of ether oxygens (including phenoxy) is 1. The second kappa shape index (κ2) is 4.43. The topological polar surface area (TPSA) is 35.2 Å². The summed E-state index contributed by atoms with van der Waals surface area (Å²) in [5.41, 5.74) is 6.12. The average Bonchev–Trinajstić information content (AvgIpc) is 2.79. The van der Waals surface area contributed by atoms with Gasteiger partial charge < -0.3 is 10.5 Å². The fraction of sp³-hybridized carbons (Fsp3) is 1.00. The Hall–Kier alpha value is -0.0800. The molecule has 2 heteroatoms. The van der Waals surface area contributed by atoms with Gasteiger partial charge in [0.15, 0.2) is 0 Å². The third kappa shape index (κ3) is 4.63. The SMILES string of the molecule is CC(C)(C)C(N)COCCC1CC1. The number of hydrogen-bond donors (Lipinski definition) is 1. The van der Waals surface area contributed by atoms with Gasteiger partial charge in [-0.2, -0.15) is 0 Å². The minimum absolute atomic E-state index is 0.159. The summed E-state index contributed by atoms with van der Waals surface area (Å²) in [6.45, 7) is 8.07. The minimum Gasteiger partial charge on any atom is -0.380 e. The third-order valence-electron chi connectivity index (χ3n) is 2.78. The molecular formula is C11H23NO. The Morgan fingerprint density at radius 2 is 2.00 bits per heavy atom. The van der Waals surface area contributed by atoms with Gasteiger partial charge in [0.2, 0.25) is 0 Å². The van der Waals surface area contributed by atoms with Crippen LogP contribution in [0, 0.1) is 11.3 Å². The first kappa shape index (κ1) is 11.0. The van der Waals surface area contributed by atoms with E-state index >= 15 is 0 Å². The summed E-state index contributed by atoms with van der Waals surface area (Å²) < 4.78 is 5.55. The van der Waals surface area contributed by atoms with E-state index in [-0.39, 0.29) is 11.5 Å². The zero-order valence-corrected chi connectivity index (χ0v) is 9.18. The van der Waals surface area contributed by atoms with Crippen molar-refractivity contribution in [1.82, 2.24) is 0 Å². The third-order valence-corrected chi connectivity index (χ3v) is 2.78. The maximum atomic E-state index is 5.96. The summed E-state index contributed by atoms with van der Waals surface area (Å²) >= 11 is 0. The Bertz CT molecular complexity index is 147. The van der Waals surface area contributed by atoms with Gasteiger partial charge in [-0.1, -0.05) is 33.6 Å². The fourth-order valence-corrected chi connectivity index (χ4v) is 1.12. The molecule has 0 aliphatic heterocycles. The van der Waals surface area contributed by atoms with Gasteiger partial charge in [-0.15, -0.1) is 0 Å². The van der Waals surface area contributed by atoms with E-state index < -0.39 is 0 Å². The van der Waals surface area contributed by atoms with Gasteiger partial charge in [0.1, 0.15) is 0 Å². The quantitative estimate of drug-likeness (QED) is 0.666. The molecule has 0 amide bonds. The van der Waals surface area contributed by atoms with Crippen LogP contribution in [0.25, 0.3) is 0 Å². The smallest absolute Gasteiger partial charge is 0.0622 e. The lowest BCUT2D eigenvalue weighted by molar-refractivity contribution is 0.0862. The van der Waals surface area contributed by atoms with Crippen molar-refractivity contribution in [1.29, 1.82) is 0 Å². The van der Waals surface area contributed by atoms with Crippen LogP contribution in [0.3, 0.4) is 0 Å². The molecule has 2 N–H and O–H groups in total. The van der Waals surface area contributed by atoms with Crippen LogP contribution in [-0.2, 0) is 4.74 Å². The van der Waals surface area contributed by atoms with Crippen LogP contribution in [0.5, 0.6) is 0 Å². The molecule has 13 heavy (non-hydrogen) atoms. The van der Waals surface area contributed by atoms with Gasteiger partial charge in [0.25, 0.3) is 0 Å². The van der Waals surface area contributed by atoms with Crippen LogP contribution in [0.15, 0.2) is 0 Å². The molecule has 0 bridgehead atoms. The maximum absolute atomic E-state index is 5.96. The molecule has 1 aliphatic rings. The summed E-state index contributed by atoms with van der Waals surface area (Å²) in [5.74, 6) is 0.964. The van der Waals surface area contributed by atoms with E-state index in [4.69, 9.17) is 10.5 Å². The Kier molecular flexibility index (Phi) is 3.74. The lowest BCUT2D eigenvalue weighted by Gasteiger charge is -2.26. The Morgan fingerprint density at radius 1 is 1.38 bits per heavy atom. The molecule has 0 heterocycles. The van der Waals surface area contributed by atoms with Crippen LogP contribution >= 0.6 is 0 Å². The molecule has 0 spiro atoms. The average molecular weight is 185 g/mol. The molecule has 0 aromatic carbocycles. The van der Waals surface area contributed by atoms with Crippen LogP contribution in [0.1, 0.15) is 40.0 Å². The normalized spacial score (nSPS) is 20.3. The molecule has 1 fully saturated rings. The molecule has 0 aromatic heterocycles. The van der Waals surface area contributed by atoms with Gasteiger partial charge in [0.05, 0.1) is 6.61 Å². The lowest BCUT2D eigenvalue weighted by atomic mass is 9.88. The van der Waals surface area contributed by atoms with Crippen molar-refractivity contribution < 1.29 is 4.74 Å². The zero-order chi connectivity index (χ0) is 9.90. The van der Waals surface area contributed by atoms with Crippen molar-refractivity contribution in [3.05, 3.63) is 0 Å². The second-order valence-corrected chi connectivity index (χ2v) is 5.28. The van der Waals surface area contributed by atoms with Crippen molar-refractivity contribution >= 4 is 0 Å². The van der Waals surface area contributed by atoms with Gasteiger partial charge in [0, 0.05) is 12.6 Å². The molecular weight excluding hydrogens is 162 g/mol. The standard InChI is InChI=1S/C11H23NO/c1-11(2,3)10(12)8-13-7-6-9-4-5-9/h9-10H,4-8,12H2,1-3H3. The van der Waals surface area contributed by atoms with Crippen molar-refractivity contribution in [2.24, 2.45) is 17.1 Å². The second-order valence-electron chi connectivity index (χ2n) is 5.28. The van der Waals surface area contributed by atoms with Crippen LogP contribution < -0.4 is 5.73 Å². The summed E-state index contributed by atoms with van der Waals surface area (Å²) in [5, 5.41) is 0. The summed E-state index contributed by atoms with van der Waals surface area (Å²) in [6.07, 6.45) is 4.06. The van der Waals surface area contributed by atoms with Gasteiger partial charge in [-0.05, 0) is 17.8 Å². The van der Waals surface area contributed by atoms with E-state index in [2.05, 4.69) is 20.8 Å². The van der Waals surface area contributed by atoms with E-state index in [0.717, 1.165) is 12.5 Å². The molecule has 1 rings (SSSR count). The first-order chi connectivity index (χ1) is 6.00. The van der Waals surface area contributed by atoms with Crippen molar-refractivity contribution in [2.45, 2.75) is 46.1 Å². The zero-order valence-electron chi connectivity index (χ0n) is 9.18.